The van der Waals surface area contributed by atoms with E-state index in [4.69, 9.17) is 10.2 Å². The van der Waals surface area contributed by atoms with E-state index in [-0.39, 0.29) is 0 Å². The lowest BCUT2D eigenvalue weighted by atomic mass is 10.5. The van der Waals surface area contributed by atoms with Gasteiger partial charge in [-0.3, -0.25) is 0 Å². The zero-order valence-corrected chi connectivity index (χ0v) is 9.85. The van der Waals surface area contributed by atoms with Crippen LogP contribution in [-0.2, 0) is 23.2 Å². The molecule has 0 amide bonds. The third-order valence-electron chi connectivity index (χ3n) is 0.838. The van der Waals surface area contributed by atoms with Crippen LogP contribution in [0.5, 0.6) is 0 Å². The van der Waals surface area contributed by atoms with E-state index in [9.17, 15) is 14.2 Å². The van der Waals surface area contributed by atoms with Crippen molar-refractivity contribution < 1.29 is 33.4 Å². The molecule has 0 aromatic heterocycles. The molecule has 0 saturated carbocycles. The first kappa shape index (κ1) is 17.1. The molecule has 0 rings (SSSR count). The maximum Gasteiger partial charge on any atom is 0.697 e. The molecule has 16 heavy (non-hydrogen) atoms. The average molecular weight is 253 g/mol. The third-order valence-corrected chi connectivity index (χ3v) is 1.78. The third kappa shape index (κ3) is 18.5. The van der Waals surface area contributed by atoms with E-state index in [0.717, 1.165) is 0 Å². The molecule has 0 bridgehead atoms. The summed E-state index contributed by atoms with van der Waals surface area (Å²) in [6.07, 6.45) is 1.12. The molecular formula is C8H14O7P+. The van der Waals surface area contributed by atoms with Gasteiger partial charge in [0.05, 0.1) is 0 Å². The number of carboxylic acid groups (broad SMARTS) is 2. The van der Waals surface area contributed by atoms with Crippen LogP contribution in [0.4, 0.5) is 0 Å². The number of aliphatic carboxylic acids is 2. The number of hydrogen-bond acceptors (Lipinski definition) is 5. The highest BCUT2D eigenvalue weighted by molar-refractivity contribution is 7.33. The smallest absolute Gasteiger partial charge is 0.478 e. The topological polar surface area (TPSA) is 110 Å². The van der Waals surface area contributed by atoms with Crippen molar-refractivity contribution in [1.82, 2.24) is 0 Å². The van der Waals surface area contributed by atoms with Gasteiger partial charge in [0, 0.05) is 16.7 Å². The van der Waals surface area contributed by atoms with Crippen LogP contribution in [0.3, 0.4) is 0 Å². The average Bonchev–Trinajstić information content (AvgIpc) is 2.16. The molecule has 7 nitrogen and oxygen atoms in total. The van der Waals surface area contributed by atoms with E-state index in [0.29, 0.717) is 25.4 Å². The first-order valence-electron chi connectivity index (χ1n) is 4.31. The van der Waals surface area contributed by atoms with Gasteiger partial charge in [-0.1, -0.05) is 0 Å². The molecule has 0 spiro atoms. The largest absolute Gasteiger partial charge is 0.697 e. The molecule has 0 aromatic carbocycles. The molecule has 0 atom stereocenters. The number of rotatable bonds is 6. The summed E-state index contributed by atoms with van der Waals surface area (Å²) in [5.74, 6) is -2.51. The highest BCUT2D eigenvalue weighted by Crippen LogP contribution is 2.21. The van der Waals surface area contributed by atoms with E-state index >= 15 is 0 Å². The Balaban J connectivity index is 0. The fourth-order valence-electron chi connectivity index (χ4n) is 0.391. The van der Waals surface area contributed by atoms with Crippen molar-refractivity contribution in [3.8, 4) is 0 Å². The van der Waals surface area contributed by atoms with Crippen molar-refractivity contribution in [1.29, 1.82) is 0 Å². The molecule has 0 radical (unpaired) electrons. The molecule has 8 heteroatoms. The quantitative estimate of drug-likeness (QED) is 0.544. The Hall–Kier alpha value is -1.30. The van der Waals surface area contributed by atoms with E-state index in [2.05, 4.69) is 9.05 Å². The van der Waals surface area contributed by atoms with Crippen LogP contribution in [0.25, 0.3) is 0 Å². The van der Waals surface area contributed by atoms with Crippen molar-refractivity contribution in [3.63, 3.8) is 0 Å². The minimum Gasteiger partial charge on any atom is -0.478 e. The molecule has 2 N–H and O–H groups in total. The van der Waals surface area contributed by atoms with Crippen molar-refractivity contribution in [2.45, 2.75) is 13.8 Å². The fraction of sp³-hybridized carbons (Fsp3) is 0.500. The summed E-state index contributed by atoms with van der Waals surface area (Å²) in [6.45, 7) is 4.42. The first-order chi connectivity index (χ1) is 7.43. The van der Waals surface area contributed by atoms with Gasteiger partial charge in [0.2, 0.25) is 0 Å². The van der Waals surface area contributed by atoms with Gasteiger partial charge in [-0.05, 0) is 13.8 Å². The first-order valence-corrected chi connectivity index (χ1v) is 5.40. The highest BCUT2D eigenvalue weighted by atomic mass is 31.1. The highest BCUT2D eigenvalue weighted by Gasteiger charge is 2.15. The van der Waals surface area contributed by atoms with Crippen molar-refractivity contribution in [2.75, 3.05) is 13.2 Å². The molecule has 0 saturated heterocycles. The van der Waals surface area contributed by atoms with Crippen LogP contribution in [-0.4, -0.2) is 35.4 Å². The Morgan fingerprint density at radius 3 is 1.56 bits per heavy atom. The van der Waals surface area contributed by atoms with Gasteiger partial charge in [0.1, 0.15) is 13.2 Å². The summed E-state index contributed by atoms with van der Waals surface area (Å²) in [5, 5.41) is 15.6. The van der Waals surface area contributed by atoms with Gasteiger partial charge in [-0.15, -0.1) is 9.05 Å². The van der Waals surface area contributed by atoms with Crippen LogP contribution in [0.1, 0.15) is 13.8 Å². The lowest BCUT2D eigenvalue weighted by Gasteiger charge is -1.78. The normalized spacial score (nSPS) is 9.38. The monoisotopic (exact) mass is 253 g/mol. The Labute approximate surface area is 93.6 Å². The molecule has 0 aliphatic heterocycles. The van der Waals surface area contributed by atoms with Crippen LogP contribution in [0.15, 0.2) is 12.2 Å². The SMILES string of the molecule is CCO[P+](=O)OCC.O=C(O)/C=C\C(=O)O. The lowest BCUT2D eigenvalue weighted by Crippen LogP contribution is -1.91. The van der Waals surface area contributed by atoms with Gasteiger partial charge in [0.15, 0.2) is 0 Å². The van der Waals surface area contributed by atoms with Gasteiger partial charge in [-0.2, -0.15) is 0 Å². The molecule has 0 aliphatic rings. The van der Waals surface area contributed by atoms with E-state index < -0.39 is 20.2 Å². The summed E-state index contributed by atoms with van der Waals surface area (Å²) < 4.78 is 19.5. The van der Waals surface area contributed by atoms with E-state index in [1.807, 2.05) is 0 Å². The Morgan fingerprint density at radius 1 is 1.06 bits per heavy atom. The fourth-order valence-corrected chi connectivity index (χ4v) is 0.887. The van der Waals surface area contributed by atoms with E-state index in [1.54, 1.807) is 13.8 Å². The maximum absolute atomic E-state index is 10.3. The zero-order valence-electron chi connectivity index (χ0n) is 8.95. The second-order valence-electron chi connectivity index (χ2n) is 2.07. The Kier molecular flexibility index (Phi) is 12.6. The second-order valence-corrected chi connectivity index (χ2v) is 3.03. The number of hydrogen-bond donors (Lipinski definition) is 2. The summed E-state index contributed by atoms with van der Waals surface area (Å²) >= 11 is 0. The molecular weight excluding hydrogens is 239 g/mol. The van der Waals surface area contributed by atoms with Gasteiger partial charge in [0.25, 0.3) is 0 Å². The summed E-state index contributed by atoms with van der Waals surface area (Å²) in [5.41, 5.74) is 0. The molecule has 92 valence electrons. The predicted molar refractivity (Wildman–Crippen MR) is 55.3 cm³/mol. The minimum absolute atomic E-state index is 0.440. The van der Waals surface area contributed by atoms with E-state index in [1.165, 1.54) is 0 Å². The van der Waals surface area contributed by atoms with Crippen molar-refractivity contribution in [2.24, 2.45) is 0 Å². The van der Waals surface area contributed by atoms with Crippen LogP contribution in [0, 0.1) is 0 Å². The number of carbonyl (C=O) groups is 2. The molecule has 0 aromatic rings. The maximum atomic E-state index is 10.3. The standard InChI is InChI=1S/C4H4O4.C4H10O3P/c5-3(6)1-2-4(7)8;1-3-6-8(5)7-4-2/h1-2H,(H,5,6)(H,7,8);3-4H2,1-2H3/q;+1/b2-1-;. The molecule has 0 heterocycles. The van der Waals surface area contributed by atoms with Crippen LogP contribution in [0.2, 0.25) is 0 Å². The summed E-state index contributed by atoms with van der Waals surface area (Å²) in [4.78, 5) is 19.1. The minimum atomic E-state index is -1.83. The molecule has 0 aliphatic carbocycles. The Morgan fingerprint density at radius 2 is 1.38 bits per heavy atom. The van der Waals surface area contributed by atoms with Gasteiger partial charge in [-0.25, -0.2) is 9.59 Å². The molecule has 0 fully saturated rings. The summed E-state index contributed by atoms with van der Waals surface area (Å²) in [6, 6.07) is 0. The second kappa shape index (κ2) is 11.8. The number of carboxylic acids is 2. The lowest BCUT2D eigenvalue weighted by molar-refractivity contribution is -0.134. The molecule has 0 unspecified atom stereocenters. The van der Waals surface area contributed by atoms with Crippen LogP contribution >= 0.6 is 8.25 Å². The Bertz CT molecular complexity index is 237. The van der Waals surface area contributed by atoms with Crippen molar-refractivity contribution >= 4 is 20.2 Å². The zero-order chi connectivity index (χ0) is 13.0. The van der Waals surface area contributed by atoms with Gasteiger partial charge < -0.3 is 10.2 Å². The predicted octanol–water partition coefficient (Wildman–Crippen LogP) is 1.43. The summed E-state index contributed by atoms with van der Waals surface area (Å²) in [7, 11) is -1.83. The van der Waals surface area contributed by atoms with Crippen molar-refractivity contribution in [3.05, 3.63) is 12.2 Å². The van der Waals surface area contributed by atoms with Gasteiger partial charge >= 0.3 is 20.2 Å². The van der Waals surface area contributed by atoms with Crippen LogP contribution < -0.4 is 0 Å².